The Morgan fingerprint density at radius 2 is 2.00 bits per heavy atom. The van der Waals surface area contributed by atoms with E-state index in [-0.39, 0.29) is 24.0 Å². The summed E-state index contributed by atoms with van der Waals surface area (Å²) >= 11 is 0. The summed E-state index contributed by atoms with van der Waals surface area (Å²) in [6.07, 6.45) is 0. The predicted molar refractivity (Wildman–Crippen MR) is 104 cm³/mol. The minimum absolute atomic E-state index is 0. The third-order valence-corrected chi connectivity index (χ3v) is 3.21. The molecule has 0 aliphatic carbocycles. The van der Waals surface area contributed by atoms with E-state index in [0.29, 0.717) is 13.2 Å². The van der Waals surface area contributed by atoms with Gasteiger partial charge in [-0.15, -0.1) is 24.0 Å². The van der Waals surface area contributed by atoms with Crippen LogP contribution in [0, 0.1) is 0 Å². The number of methoxy groups -OCH3 is 2. The maximum Gasteiger partial charge on any atom is 0.193 e. The molecular formula is C16H28IN3O3. The molecule has 23 heavy (non-hydrogen) atoms. The van der Waals surface area contributed by atoms with Crippen LogP contribution in [0.4, 0.5) is 0 Å². The normalized spacial score (nSPS) is 10.7. The van der Waals surface area contributed by atoms with Crippen molar-refractivity contribution >= 4 is 29.9 Å². The largest absolute Gasteiger partial charge is 0.497 e. The zero-order valence-electron chi connectivity index (χ0n) is 14.6. The Labute approximate surface area is 156 Å². The molecule has 0 radical (unpaired) electrons. The van der Waals surface area contributed by atoms with Crippen LogP contribution in [-0.4, -0.2) is 58.9 Å². The molecule has 1 aromatic rings. The van der Waals surface area contributed by atoms with Crippen molar-refractivity contribution in [1.82, 2.24) is 10.2 Å². The molecule has 0 unspecified atom stereocenters. The van der Waals surface area contributed by atoms with E-state index in [2.05, 4.69) is 10.3 Å². The van der Waals surface area contributed by atoms with Gasteiger partial charge < -0.3 is 24.4 Å². The fourth-order valence-corrected chi connectivity index (χ4v) is 2.08. The zero-order chi connectivity index (χ0) is 16.4. The average molecular weight is 437 g/mol. The summed E-state index contributed by atoms with van der Waals surface area (Å²) < 4.78 is 16.0. The van der Waals surface area contributed by atoms with Crippen molar-refractivity contribution in [2.45, 2.75) is 13.5 Å². The van der Waals surface area contributed by atoms with E-state index in [1.54, 1.807) is 21.3 Å². The SMILES string of the molecule is CCOCCNC(=NC)N(C)Cc1ccc(OC)cc1OC.I. The van der Waals surface area contributed by atoms with Gasteiger partial charge in [0, 0.05) is 45.4 Å². The molecule has 0 aromatic heterocycles. The van der Waals surface area contributed by atoms with Crippen LogP contribution in [0.5, 0.6) is 11.5 Å². The van der Waals surface area contributed by atoms with Gasteiger partial charge in [-0.25, -0.2) is 0 Å². The van der Waals surface area contributed by atoms with Crippen LogP contribution in [0.1, 0.15) is 12.5 Å². The lowest BCUT2D eigenvalue weighted by Crippen LogP contribution is -2.40. The van der Waals surface area contributed by atoms with Gasteiger partial charge in [0.2, 0.25) is 0 Å². The van der Waals surface area contributed by atoms with Crippen LogP contribution in [0.3, 0.4) is 0 Å². The molecule has 1 aromatic carbocycles. The van der Waals surface area contributed by atoms with Crippen LogP contribution >= 0.6 is 24.0 Å². The molecule has 6 nitrogen and oxygen atoms in total. The molecule has 132 valence electrons. The Balaban J connectivity index is 0.00000484. The lowest BCUT2D eigenvalue weighted by Gasteiger charge is -2.23. The van der Waals surface area contributed by atoms with Gasteiger partial charge in [-0.05, 0) is 19.1 Å². The Bertz CT molecular complexity index is 484. The van der Waals surface area contributed by atoms with E-state index >= 15 is 0 Å². The summed E-state index contributed by atoms with van der Waals surface area (Å²) in [5.74, 6) is 2.40. The van der Waals surface area contributed by atoms with Gasteiger partial charge in [-0.2, -0.15) is 0 Å². The number of nitrogens with one attached hydrogen (secondary N) is 1. The molecule has 0 atom stereocenters. The van der Waals surface area contributed by atoms with Crippen molar-refractivity contribution in [1.29, 1.82) is 0 Å². The van der Waals surface area contributed by atoms with E-state index in [0.717, 1.165) is 36.2 Å². The number of hydrogen-bond acceptors (Lipinski definition) is 4. The fraction of sp³-hybridized carbons (Fsp3) is 0.562. The van der Waals surface area contributed by atoms with E-state index in [9.17, 15) is 0 Å². The molecule has 0 spiro atoms. The summed E-state index contributed by atoms with van der Waals surface area (Å²) in [6.45, 7) is 4.78. The maximum absolute atomic E-state index is 5.43. The van der Waals surface area contributed by atoms with Crippen LogP contribution < -0.4 is 14.8 Å². The number of guanidine groups is 1. The van der Waals surface area contributed by atoms with E-state index < -0.39 is 0 Å². The van der Waals surface area contributed by atoms with Gasteiger partial charge >= 0.3 is 0 Å². The molecule has 0 heterocycles. The third-order valence-electron chi connectivity index (χ3n) is 3.21. The first-order valence-electron chi connectivity index (χ1n) is 7.36. The van der Waals surface area contributed by atoms with Crippen molar-refractivity contribution in [3.8, 4) is 11.5 Å². The van der Waals surface area contributed by atoms with Gasteiger partial charge in [0.15, 0.2) is 5.96 Å². The second kappa shape index (κ2) is 12.2. The number of ether oxygens (including phenoxy) is 3. The van der Waals surface area contributed by atoms with Gasteiger partial charge in [-0.1, -0.05) is 0 Å². The highest BCUT2D eigenvalue weighted by Crippen LogP contribution is 2.25. The van der Waals surface area contributed by atoms with Crippen molar-refractivity contribution in [2.24, 2.45) is 4.99 Å². The molecule has 0 saturated heterocycles. The molecule has 0 saturated carbocycles. The highest BCUT2D eigenvalue weighted by atomic mass is 127. The number of aliphatic imine (C=N–C) groups is 1. The van der Waals surface area contributed by atoms with E-state index in [4.69, 9.17) is 14.2 Å². The first-order valence-corrected chi connectivity index (χ1v) is 7.36. The van der Waals surface area contributed by atoms with Crippen molar-refractivity contribution in [2.75, 3.05) is 48.1 Å². The third kappa shape index (κ3) is 7.26. The molecule has 0 aliphatic rings. The number of nitrogens with zero attached hydrogens (tertiary/aromatic N) is 2. The van der Waals surface area contributed by atoms with E-state index in [1.165, 1.54) is 0 Å². The lowest BCUT2D eigenvalue weighted by atomic mass is 10.2. The van der Waals surface area contributed by atoms with Crippen LogP contribution in [0.15, 0.2) is 23.2 Å². The summed E-state index contributed by atoms with van der Waals surface area (Å²) in [5.41, 5.74) is 1.07. The molecule has 0 aliphatic heterocycles. The second-order valence-electron chi connectivity index (χ2n) is 4.70. The summed E-state index contributed by atoms with van der Waals surface area (Å²) in [7, 11) is 7.06. The predicted octanol–water partition coefficient (Wildman–Crippen LogP) is 2.37. The fourth-order valence-electron chi connectivity index (χ4n) is 2.08. The number of rotatable bonds is 8. The molecule has 0 bridgehead atoms. The molecule has 0 fully saturated rings. The van der Waals surface area contributed by atoms with Crippen LogP contribution in [-0.2, 0) is 11.3 Å². The number of benzene rings is 1. The van der Waals surface area contributed by atoms with E-state index in [1.807, 2.05) is 37.1 Å². The molecule has 0 amide bonds. The Morgan fingerprint density at radius 1 is 1.26 bits per heavy atom. The minimum atomic E-state index is 0. The summed E-state index contributed by atoms with van der Waals surface area (Å²) in [4.78, 5) is 6.32. The highest BCUT2D eigenvalue weighted by Gasteiger charge is 2.11. The Kier molecular flexibility index (Phi) is 11.6. The Morgan fingerprint density at radius 3 is 2.57 bits per heavy atom. The quantitative estimate of drug-likeness (QED) is 0.293. The van der Waals surface area contributed by atoms with Crippen molar-refractivity contribution in [3.63, 3.8) is 0 Å². The highest BCUT2D eigenvalue weighted by molar-refractivity contribution is 14.0. The Hall–Kier alpha value is -1.22. The lowest BCUT2D eigenvalue weighted by molar-refractivity contribution is 0.152. The van der Waals surface area contributed by atoms with Crippen molar-refractivity contribution < 1.29 is 14.2 Å². The topological polar surface area (TPSA) is 55.3 Å². The zero-order valence-corrected chi connectivity index (χ0v) is 16.9. The first kappa shape index (κ1) is 21.8. The average Bonchev–Trinajstić information content (AvgIpc) is 2.55. The smallest absolute Gasteiger partial charge is 0.193 e. The van der Waals surface area contributed by atoms with Gasteiger partial charge in [0.05, 0.1) is 20.8 Å². The standard InChI is InChI=1S/C16H27N3O3.HI/c1-6-22-10-9-18-16(17-2)19(3)12-13-7-8-14(20-4)11-15(13)21-5;/h7-8,11H,6,9-10,12H2,1-5H3,(H,17,18);1H. The molecular weight excluding hydrogens is 409 g/mol. The monoisotopic (exact) mass is 437 g/mol. The molecule has 7 heteroatoms. The molecule has 1 rings (SSSR count). The first-order chi connectivity index (χ1) is 10.7. The number of hydrogen-bond donors (Lipinski definition) is 1. The van der Waals surface area contributed by atoms with Gasteiger partial charge in [-0.3, -0.25) is 4.99 Å². The van der Waals surface area contributed by atoms with Crippen LogP contribution in [0.2, 0.25) is 0 Å². The van der Waals surface area contributed by atoms with Gasteiger partial charge in [0.25, 0.3) is 0 Å². The summed E-state index contributed by atoms with van der Waals surface area (Å²) in [6, 6.07) is 5.81. The van der Waals surface area contributed by atoms with Gasteiger partial charge in [0.1, 0.15) is 11.5 Å². The number of halogens is 1. The second-order valence-corrected chi connectivity index (χ2v) is 4.70. The van der Waals surface area contributed by atoms with Crippen molar-refractivity contribution in [3.05, 3.63) is 23.8 Å². The molecule has 1 N–H and O–H groups in total. The summed E-state index contributed by atoms with van der Waals surface area (Å²) in [5, 5.41) is 3.27. The minimum Gasteiger partial charge on any atom is -0.497 e. The maximum atomic E-state index is 5.43. The van der Waals surface area contributed by atoms with Crippen LogP contribution in [0.25, 0.3) is 0 Å².